The van der Waals surface area contributed by atoms with Crippen LogP contribution in [0, 0.1) is 0 Å². The maximum absolute atomic E-state index is 11.9. The summed E-state index contributed by atoms with van der Waals surface area (Å²) in [7, 11) is 1.47. The Kier molecular flexibility index (Phi) is 5.31. The standard InChI is InChI=1S/C15H20N4O2/c1-3-4-5-11-6-8-12(9-7-11)10-13(20)16-14-17-15(21-2)19-18-14/h6-9H,3-5,10H2,1-2H3,(H2,16,17,18,19,20). The van der Waals surface area contributed by atoms with Gasteiger partial charge in [-0.3, -0.25) is 10.1 Å². The van der Waals surface area contributed by atoms with E-state index in [9.17, 15) is 4.79 Å². The third-order valence-corrected chi connectivity index (χ3v) is 3.11. The minimum absolute atomic E-state index is 0.143. The van der Waals surface area contributed by atoms with Crippen LogP contribution < -0.4 is 10.1 Å². The molecule has 2 rings (SSSR count). The number of nitrogens with zero attached hydrogens (tertiary/aromatic N) is 2. The number of unbranched alkanes of at least 4 members (excludes halogenated alkanes) is 1. The Morgan fingerprint density at radius 2 is 2.00 bits per heavy atom. The lowest BCUT2D eigenvalue weighted by Crippen LogP contribution is -2.15. The molecule has 0 fully saturated rings. The van der Waals surface area contributed by atoms with Crippen molar-refractivity contribution in [3.05, 3.63) is 35.4 Å². The van der Waals surface area contributed by atoms with Crippen molar-refractivity contribution in [2.45, 2.75) is 32.6 Å². The number of carbonyl (C=O) groups excluding carboxylic acids is 1. The Bertz CT molecular complexity index is 578. The van der Waals surface area contributed by atoms with Crippen molar-refractivity contribution in [1.29, 1.82) is 0 Å². The summed E-state index contributed by atoms with van der Waals surface area (Å²) in [5.74, 6) is 0.145. The number of methoxy groups -OCH3 is 1. The third-order valence-electron chi connectivity index (χ3n) is 3.11. The van der Waals surface area contributed by atoms with E-state index in [4.69, 9.17) is 4.74 Å². The fraction of sp³-hybridized carbons (Fsp3) is 0.400. The third kappa shape index (κ3) is 4.59. The lowest BCUT2D eigenvalue weighted by molar-refractivity contribution is -0.115. The molecule has 0 aliphatic carbocycles. The van der Waals surface area contributed by atoms with Crippen molar-refractivity contribution in [1.82, 2.24) is 15.2 Å². The number of aromatic nitrogens is 3. The van der Waals surface area contributed by atoms with Crippen LogP contribution in [0.1, 0.15) is 30.9 Å². The summed E-state index contributed by atoms with van der Waals surface area (Å²) in [6.07, 6.45) is 3.76. The van der Waals surface area contributed by atoms with E-state index in [1.165, 1.54) is 25.5 Å². The summed E-state index contributed by atoms with van der Waals surface area (Å²) in [5, 5.41) is 9.00. The number of hydrogen-bond acceptors (Lipinski definition) is 4. The van der Waals surface area contributed by atoms with Gasteiger partial charge < -0.3 is 4.74 Å². The average molecular weight is 288 g/mol. The molecule has 0 atom stereocenters. The first kappa shape index (κ1) is 15.0. The van der Waals surface area contributed by atoms with Crippen molar-refractivity contribution in [2.75, 3.05) is 12.4 Å². The van der Waals surface area contributed by atoms with E-state index in [0.29, 0.717) is 6.42 Å². The second-order valence-corrected chi connectivity index (χ2v) is 4.82. The van der Waals surface area contributed by atoms with Gasteiger partial charge in [0.25, 0.3) is 0 Å². The first-order valence-corrected chi connectivity index (χ1v) is 7.05. The molecule has 1 amide bonds. The number of rotatable bonds is 7. The SMILES string of the molecule is CCCCc1ccc(CC(=O)Nc2nc(OC)n[nH]2)cc1. The van der Waals surface area contributed by atoms with Gasteiger partial charge in [0.2, 0.25) is 11.9 Å². The molecule has 1 aromatic heterocycles. The summed E-state index contributed by atoms with van der Waals surface area (Å²) in [5.41, 5.74) is 2.28. The van der Waals surface area contributed by atoms with Gasteiger partial charge in [-0.2, -0.15) is 4.98 Å². The van der Waals surface area contributed by atoms with E-state index in [0.717, 1.165) is 12.0 Å². The van der Waals surface area contributed by atoms with Gasteiger partial charge in [0.1, 0.15) is 0 Å². The minimum Gasteiger partial charge on any atom is -0.466 e. The zero-order valence-corrected chi connectivity index (χ0v) is 12.3. The topological polar surface area (TPSA) is 79.9 Å². The Hall–Kier alpha value is -2.37. The van der Waals surface area contributed by atoms with E-state index in [1.54, 1.807) is 0 Å². The van der Waals surface area contributed by atoms with E-state index in [2.05, 4.69) is 39.6 Å². The van der Waals surface area contributed by atoms with Crippen LogP contribution in [0.3, 0.4) is 0 Å². The van der Waals surface area contributed by atoms with Crippen LogP contribution in [-0.4, -0.2) is 28.2 Å². The fourth-order valence-electron chi connectivity index (χ4n) is 1.96. The van der Waals surface area contributed by atoms with Crippen LogP contribution >= 0.6 is 0 Å². The largest absolute Gasteiger partial charge is 0.466 e. The molecule has 2 aromatic rings. The highest BCUT2D eigenvalue weighted by Gasteiger charge is 2.08. The highest BCUT2D eigenvalue weighted by Crippen LogP contribution is 2.10. The molecule has 0 saturated carbocycles. The van der Waals surface area contributed by atoms with Crippen LogP contribution in [0.15, 0.2) is 24.3 Å². The first-order chi connectivity index (χ1) is 10.2. The molecule has 6 heteroatoms. The molecule has 0 aliphatic rings. The van der Waals surface area contributed by atoms with Gasteiger partial charge in [-0.05, 0) is 24.0 Å². The van der Waals surface area contributed by atoms with Crippen LogP contribution in [0.25, 0.3) is 0 Å². The van der Waals surface area contributed by atoms with Crippen LogP contribution in [0.5, 0.6) is 6.01 Å². The molecule has 1 aromatic carbocycles. The fourth-order valence-corrected chi connectivity index (χ4v) is 1.96. The number of ether oxygens (including phenoxy) is 1. The molecule has 0 bridgehead atoms. The van der Waals surface area contributed by atoms with Crippen molar-refractivity contribution in [3.63, 3.8) is 0 Å². The van der Waals surface area contributed by atoms with Crippen LogP contribution in [0.4, 0.5) is 5.95 Å². The van der Waals surface area contributed by atoms with E-state index >= 15 is 0 Å². The lowest BCUT2D eigenvalue weighted by Gasteiger charge is -2.04. The van der Waals surface area contributed by atoms with Crippen molar-refractivity contribution < 1.29 is 9.53 Å². The predicted molar refractivity (Wildman–Crippen MR) is 80.3 cm³/mol. The van der Waals surface area contributed by atoms with Gasteiger partial charge >= 0.3 is 6.01 Å². The maximum Gasteiger partial charge on any atom is 0.336 e. The molecule has 112 valence electrons. The second kappa shape index (κ2) is 7.42. The molecule has 6 nitrogen and oxygen atoms in total. The molecule has 0 unspecified atom stereocenters. The first-order valence-electron chi connectivity index (χ1n) is 7.05. The summed E-state index contributed by atoms with van der Waals surface area (Å²) in [6, 6.07) is 8.34. The number of aromatic amines is 1. The van der Waals surface area contributed by atoms with Gasteiger partial charge in [-0.15, -0.1) is 5.10 Å². The smallest absolute Gasteiger partial charge is 0.336 e. The van der Waals surface area contributed by atoms with E-state index in [1.807, 2.05) is 12.1 Å². The number of benzene rings is 1. The highest BCUT2D eigenvalue weighted by atomic mass is 16.5. The number of hydrogen-bond donors (Lipinski definition) is 2. The monoisotopic (exact) mass is 288 g/mol. The Morgan fingerprint density at radius 1 is 1.29 bits per heavy atom. The summed E-state index contributed by atoms with van der Waals surface area (Å²) < 4.78 is 4.84. The summed E-state index contributed by atoms with van der Waals surface area (Å²) in [4.78, 5) is 15.8. The van der Waals surface area contributed by atoms with E-state index in [-0.39, 0.29) is 17.9 Å². The number of nitrogens with one attached hydrogen (secondary N) is 2. The van der Waals surface area contributed by atoms with Crippen LogP contribution in [-0.2, 0) is 17.6 Å². The Labute approximate surface area is 123 Å². The zero-order valence-electron chi connectivity index (χ0n) is 12.3. The van der Waals surface area contributed by atoms with Gasteiger partial charge in [0.05, 0.1) is 13.5 Å². The maximum atomic E-state index is 11.9. The van der Waals surface area contributed by atoms with Crippen molar-refractivity contribution in [3.8, 4) is 6.01 Å². The Balaban J connectivity index is 1.87. The van der Waals surface area contributed by atoms with Gasteiger partial charge in [0, 0.05) is 0 Å². The summed E-state index contributed by atoms with van der Waals surface area (Å²) in [6.45, 7) is 2.18. The minimum atomic E-state index is -0.143. The molecule has 1 heterocycles. The quantitative estimate of drug-likeness (QED) is 0.819. The van der Waals surface area contributed by atoms with Crippen molar-refractivity contribution >= 4 is 11.9 Å². The number of carbonyl (C=O) groups is 1. The number of amides is 1. The zero-order chi connectivity index (χ0) is 15.1. The molecule has 0 saturated heterocycles. The predicted octanol–water partition coefficient (Wildman–Crippen LogP) is 2.34. The molecule has 0 aliphatic heterocycles. The number of anilines is 1. The summed E-state index contributed by atoms with van der Waals surface area (Å²) >= 11 is 0. The molecular weight excluding hydrogens is 268 g/mol. The Morgan fingerprint density at radius 3 is 2.62 bits per heavy atom. The normalized spacial score (nSPS) is 10.4. The molecule has 0 radical (unpaired) electrons. The molecular formula is C15H20N4O2. The lowest BCUT2D eigenvalue weighted by atomic mass is 10.0. The highest BCUT2D eigenvalue weighted by molar-refractivity contribution is 5.90. The average Bonchev–Trinajstić information content (AvgIpc) is 2.94. The number of aryl methyl sites for hydroxylation is 1. The molecule has 0 spiro atoms. The van der Waals surface area contributed by atoms with Gasteiger partial charge in [-0.1, -0.05) is 37.6 Å². The van der Waals surface area contributed by atoms with Crippen LogP contribution in [0.2, 0.25) is 0 Å². The van der Waals surface area contributed by atoms with Gasteiger partial charge in [-0.25, -0.2) is 5.10 Å². The molecule has 21 heavy (non-hydrogen) atoms. The number of H-pyrrole nitrogens is 1. The van der Waals surface area contributed by atoms with Gasteiger partial charge in [0.15, 0.2) is 0 Å². The van der Waals surface area contributed by atoms with E-state index < -0.39 is 0 Å². The van der Waals surface area contributed by atoms with Crippen molar-refractivity contribution in [2.24, 2.45) is 0 Å². The molecule has 2 N–H and O–H groups in total. The second-order valence-electron chi connectivity index (χ2n) is 4.82.